The third-order valence-corrected chi connectivity index (χ3v) is 2.27. The highest BCUT2D eigenvalue weighted by Crippen LogP contribution is 2.13. The maximum Gasteiger partial charge on any atom is 0.142 e. The molecule has 0 saturated carbocycles. The molecule has 0 aliphatic rings. The summed E-state index contributed by atoms with van der Waals surface area (Å²) in [5.41, 5.74) is 0. The second kappa shape index (κ2) is 7.33. The average Bonchev–Trinajstić information content (AvgIpc) is 1.98. The van der Waals surface area contributed by atoms with Crippen molar-refractivity contribution in [3.63, 3.8) is 0 Å². The van der Waals surface area contributed by atoms with Crippen LogP contribution in [0.2, 0.25) is 0 Å². The average molecular weight is 170 g/mol. The SMILES string of the molecule is C=[N+](C)CCCCC(C)CCC. The molecule has 0 aliphatic carbocycles. The van der Waals surface area contributed by atoms with Crippen LogP contribution in [0, 0.1) is 5.92 Å². The Morgan fingerprint density at radius 3 is 2.42 bits per heavy atom. The third-order valence-electron chi connectivity index (χ3n) is 2.27. The summed E-state index contributed by atoms with van der Waals surface area (Å²) in [6.45, 7) is 9.59. The van der Waals surface area contributed by atoms with Gasteiger partial charge in [-0.2, -0.15) is 0 Å². The molecule has 0 aromatic rings. The highest BCUT2D eigenvalue weighted by atomic mass is 14.9. The van der Waals surface area contributed by atoms with E-state index in [1.54, 1.807) is 0 Å². The maximum absolute atomic E-state index is 3.82. The van der Waals surface area contributed by atoms with Crippen LogP contribution in [0.1, 0.15) is 46.0 Å². The number of hydrogen-bond donors (Lipinski definition) is 0. The minimum absolute atomic E-state index is 0.921. The minimum Gasteiger partial charge on any atom is -0.245 e. The van der Waals surface area contributed by atoms with Crippen LogP contribution in [-0.2, 0) is 0 Å². The van der Waals surface area contributed by atoms with Crippen molar-refractivity contribution in [2.24, 2.45) is 5.92 Å². The summed E-state index contributed by atoms with van der Waals surface area (Å²) in [4.78, 5) is 0. The zero-order valence-electron chi connectivity index (χ0n) is 8.97. The van der Waals surface area contributed by atoms with E-state index in [9.17, 15) is 0 Å². The van der Waals surface area contributed by atoms with Crippen molar-refractivity contribution in [1.29, 1.82) is 0 Å². The van der Waals surface area contributed by atoms with E-state index in [2.05, 4.69) is 20.6 Å². The van der Waals surface area contributed by atoms with Crippen LogP contribution >= 0.6 is 0 Å². The molecule has 1 atom stereocenters. The fourth-order valence-corrected chi connectivity index (χ4v) is 1.51. The standard InChI is InChI=1S/C11H24N/c1-5-8-11(2)9-6-7-10-12(3)4/h11H,3,5-10H2,1-2,4H3/q+1. The monoisotopic (exact) mass is 170 g/mol. The minimum atomic E-state index is 0.921. The van der Waals surface area contributed by atoms with Crippen molar-refractivity contribution < 1.29 is 4.58 Å². The summed E-state index contributed by atoms with van der Waals surface area (Å²) in [6, 6.07) is 0. The first kappa shape index (κ1) is 11.7. The van der Waals surface area contributed by atoms with Crippen molar-refractivity contribution in [2.75, 3.05) is 13.6 Å². The first-order valence-corrected chi connectivity index (χ1v) is 5.18. The Morgan fingerprint density at radius 2 is 1.92 bits per heavy atom. The van der Waals surface area contributed by atoms with Crippen LogP contribution in [0.5, 0.6) is 0 Å². The lowest BCUT2D eigenvalue weighted by Gasteiger charge is -2.07. The fourth-order valence-electron chi connectivity index (χ4n) is 1.51. The normalized spacial score (nSPS) is 12.9. The van der Waals surface area contributed by atoms with Gasteiger partial charge >= 0.3 is 0 Å². The molecule has 0 bridgehead atoms. The molecule has 1 nitrogen and oxygen atoms in total. The number of hydrogen-bond acceptors (Lipinski definition) is 0. The van der Waals surface area contributed by atoms with Gasteiger partial charge in [-0.1, -0.05) is 33.1 Å². The first-order chi connectivity index (χ1) is 5.66. The predicted octanol–water partition coefficient (Wildman–Crippen LogP) is 2.94. The molecule has 72 valence electrons. The highest BCUT2D eigenvalue weighted by Gasteiger charge is 2.00. The molecule has 0 rings (SSSR count). The Balaban J connectivity index is 3.13. The van der Waals surface area contributed by atoms with E-state index in [0.717, 1.165) is 12.5 Å². The van der Waals surface area contributed by atoms with E-state index in [-0.39, 0.29) is 0 Å². The smallest absolute Gasteiger partial charge is 0.142 e. The van der Waals surface area contributed by atoms with E-state index >= 15 is 0 Å². The number of rotatable bonds is 7. The molecule has 0 aromatic carbocycles. The molecular weight excluding hydrogens is 146 g/mol. The highest BCUT2D eigenvalue weighted by molar-refractivity contribution is 5.13. The molecule has 0 heterocycles. The van der Waals surface area contributed by atoms with Crippen LogP contribution in [0.4, 0.5) is 0 Å². The van der Waals surface area contributed by atoms with Crippen LogP contribution in [0.3, 0.4) is 0 Å². The Labute approximate surface area is 77.5 Å². The summed E-state index contributed by atoms with van der Waals surface area (Å²) in [5, 5.41) is 0. The summed E-state index contributed by atoms with van der Waals surface area (Å²) in [7, 11) is 2.04. The molecular formula is C11H24N+. The Morgan fingerprint density at radius 1 is 1.25 bits per heavy atom. The van der Waals surface area contributed by atoms with Gasteiger partial charge in [0.2, 0.25) is 0 Å². The van der Waals surface area contributed by atoms with Gasteiger partial charge in [0.05, 0.1) is 0 Å². The van der Waals surface area contributed by atoms with Gasteiger partial charge in [0.25, 0.3) is 0 Å². The van der Waals surface area contributed by atoms with E-state index in [1.807, 2.05) is 11.6 Å². The first-order valence-electron chi connectivity index (χ1n) is 5.18. The van der Waals surface area contributed by atoms with Gasteiger partial charge in [-0.25, -0.2) is 4.58 Å². The molecule has 1 unspecified atom stereocenters. The van der Waals surface area contributed by atoms with Crippen molar-refractivity contribution >= 4 is 6.72 Å². The molecule has 12 heavy (non-hydrogen) atoms. The van der Waals surface area contributed by atoms with Crippen molar-refractivity contribution in [2.45, 2.75) is 46.0 Å². The zero-order chi connectivity index (χ0) is 9.40. The summed E-state index contributed by atoms with van der Waals surface area (Å²) >= 11 is 0. The van der Waals surface area contributed by atoms with Gasteiger partial charge < -0.3 is 0 Å². The molecule has 0 amide bonds. The molecule has 0 radical (unpaired) electrons. The van der Waals surface area contributed by atoms with Gasteiger partial charge in [-0.15, -0.1) is 0 Å². The van der Waals surface area contributed by atoms with Gasteiger partial charge in [0.15, 0.2) is 0 Å². The molecule has 1 heteroatoms. The lowest BCUT2D eigenvalue weighted by Crippen LogP contribution is -2.04. The molecule has 0 aromatic heterocycles. The Hall–Kier alpha value is -0.330. The summed E-state index contributed by atoms with van der Waals surface area (Å²) in [5.74, 6) is 0.921. The topological polar surface area (TPSA) is 3.01 Å². The second-order valence-corrected chi connectivity index (χ2v) is 3.97. The molecule has 0 N–H and O–H groups in total. The van der Waals surface area contributed by atoms with Gasteiger partial charge in [-0.05, 0) is 12.3 Å². The number of nitrogens with zero attached hydrogens (tertiary/aromatic N) is 1. The summed E-state index contributed by atoms with van der Waals surface area (Å²) < 4.78 is 2.02. The van der Waals surface area contributed by atoms with Crippen molar-refractivity contribution in [3.8, 4) is 0 Å². The van der Waals surface area contributed by atoms with E-state index in [4.69, 9.17) is 0 Å². The lowest BCUT2D eigenvalue weighted by atomic mass is 9.99. The van der Waals surface area contributed by atoms with Gasteiger partial charge in [-0.3, -0.25) is 0 Å². The molecule has 0 spiro atoms. The molecule has 0 aliphatic heterocycles. The number of unbranched alkanes of at least 4 members (excludes halogenated alkanes) is 1. The van der Waals surface area contributed by atoms with Crippen LogP contribution in [0.25, 0.3) is 0 Å². The summed E-state index contributed by atoms with van der Waals surface area (Å²) in [6.07, 6.45) is 6.77. The third kappa shape index (κ3) is 7.77. The van der Waals surface area contributed by atoms with E-state index in [0.29, 0.717) is 0 Å². The maximum atomic E-state index is 3.82. The Bertz CT molecular complexity index is 118. The second-order valence-electron chi connectivity index (χ2n) is 3.97. The van der Waals surface area contributed by atoms with Crippen molar-refractivity contribution in [3.05, 3.63) is 0 Å². The fraction of sp³-hybridized carbons (Fsp3) is 0.909. The quantitative estimate of drug-likeness (QED) is 0.314. The van der Waals surface area contributed by atoms with E-state index < -0.39 is 0 Å². The van der Waals surface area contributed by atoms with Gasteiger partial charge in [0, 0.05) is 6.42 Å². The molecule has 0 saturated heterocycles. The lowest BCUT2D eigenvalue weighted by molar-refractivity contribution is -0.488. The molecule has 0 fully saturated rings. The van der Waals surface area contributed by atoms with Crippen molar-refractivity contribution in [1.82, 2.24) is 0 Å². The van der Waals surface area contributed by atoms with Gasteiger partial charge in [0.1, 0.15) is 20.3 Å². The van der Waals surface area contributed by atoms with Crippen LogP contribution in [0.15, 0.2) is 0 Å². The Kier molecular flexibility index (Phi) is 7.12. The zero-order valence-corrected chi connectivity index (χ0v) is 8.97. The largest absolute Gasteiger partial charge is 0.245 e. The van der Waals surface area contributed by atoms with E-state index in [1.165, 1.54) is 32.1 Å². The van der Waals surface area contributed by atoms with Crippen LogP contribution < -0.4 is 0 Å². The predicted molar refractivity (Wildman–Crippen MR) is 56.1 cm³/mol. The van der Waals surface area contributed by atoms with Crippen LogP contribution in [-0.4, -0.2) is 24.9 Å².